The number of fused-ring (bicyclic) bond motifs is 9. The summed E-state index contributed by atoms with van der Waals surface area (Å²) in [6.45, 7) is 0. The maximum absolute atomic E-state index is 9.92. The molecule has 0 atom stereocenters. The highest BCUT2D eigenvalue weighted by molar-refractivity contribution is 6.11. The van der Waals surface area contributed by atoms with Gasteiger partial charge in [-0.25, -0.2) is 0 Å². The molecule has 0 aliphatic heterocycles. The Morgan fingerprint density at radius 3 is 1.57 bits per heavy atom. The van der Waals surface area contributed by atoms with Crippen molar-refractivity contribution in [3.05, 3.63) is 212 Å². The largest absolute Gasteiger partial charge is 0.456 e. The highest BCUT2D eigenvalue weighted by Crippen LogP contribution is 2.38. The first-order valence-electron chi connectivity index (χ1n) is 29.5. The highest BCUT2D eigenvalue weighted by atomic mass is 16.3. The quantitative estimate of drug-likeness (QED) is 0.168. The fraction of sp³-hybridized carbons (Fsp3) is 0. The molecule has 0 bridgehead atoms. The van der Waals surface area contributed by atoms with E-state index in [1.165, 1.54) is 0 Å². The van der Waals surface area contributed by atoms with E-state index in [2.05, 4.69) is 0 Å². The minimum Gasteiger partial charge on any atom is -0.456 e. The van der Waals surface area contributed by atoms with Crippen LogP contribution in [0, 0.1) is 0 Å². The van der Waals surface area contributed by atoms with Crippen LogP contribution in [0.25, 0.3) is 122 Å². The Morgan fingerprint density at radius 2 is 0.889 bits per heavy atom. The summed E-state index contributed by atoms with van der Waals surface area (Å²) >= 11 is 0. The van der Waals surface area contributed by atoms with Gasteiger partial charge in [-0.3, -0.25) is 9.13 Å². The summed E-state index contributed by atoms with van der Waals surface area (Å²) in [5, 5.41) is 0.510. The van der Waals surface area contributed by atoms with Gasteiger partial charge in [0.1, 0.15) is 11.2 Å². The van der Waals surface area contributed by atoms with Crippen LogP contribution < -0.4 is 0 Å². The Bertz CT molecular complexity index is 5010. The Morgan fingerprint density at radius 1 is 0.349 bits per heavy atom. The SMILES string of the molecule is [2H]c1c([2H])c([2H])c(-c2c([2H])c([2H])c3c4c([2H])c([2H])c([2H])c([2H])c4n(-c4nc(-c5cccc(-c6ccc(-c7ccc8c(c7)oc7ccccc78)cc6)c5)nc(-n5c6c([2H])c([2H])c([2H])c([2H])c6c6c([2H])c([2H])c([2H])c([2H])c65)n4)c3c2[2H])c([2H])c1[2H]. The van der Waals surface area contributed by atoms with Crippen molar-refractivity contribution in [1.29, 1.82) is 0 Å². The minimum atomic E-state index is -0.826. The number of rotatable bonds is 6. The lowest BCUT2D eigenvalue weighted by Crippen LogP contribution is -2.10. The van der Waals surface area contributed by atoms with Crippen LogP contribution in [0.2, 0.25) is 0 Å². The normalized spacial score (nSPS) is 16.3. The van der Waals surface area contributed by atoms with E-state index in [1.54, 1.807) is 18.2 Å². The first-order chi connectivity index (χ1) is 39.5. The van der Waals surface area contributed by atoms with Crippen molar-refractivity contribution in [2.75, 3.05) is 0 Å². The van der Waals surface area contributed by atoms with Crippen LogP contribution in [0.1, 0.15) is 27.4 Å². The van der Waals surface area contributed by atoms with E-state index in [9.17, 15) is 9.60 Å². The molecular formula is C57H35N5O. The summed E-state index contributed by atoms with van der Waals surface area (Å²) in [6.07, 6.45) is 0. The van der Waals surface area contributed by atoms with Crippen LogP contribution in [0.4, 0.5) is 0 Å². The van der Waals surface area contributed by atoms with Gasteiger partial charge in [-0.15, -0.1) is 0 Å². The van der Waals surface area contributed by atoms with Crippen molar-refractivity contribution in [2.45, 2.75) is 0 Å². The van der Waals surface area contributed by atoms with Crippen molar-refractivity contribution in [3.63, 3.8) is 0 Å². The topological polar surface area (TPSA) is 61.7 Å². The molecule has 6 heteroatoms. The number of aromatic nitrogens is 5. The maximum Gasteiger partial charge on any atom is 0.240 e. The standard InChI is InChI=1S/C57H35N5O/c1-2-13-36(14-3-1)40-29-31-46-45-19-6-10-23-51(45)62(52(46)34-40)57-59-55(58-56(60-57)61-49-21-8-4-17-43(49)44-18-5-9-22-50(44)61)42-16-12-15-39(33-42)37-25-27-38(28-26-37)41-30-32-48-47-20-7-11-24-53(47)63-54(48)35-41/h1-35H/i1D,2D,3D,4D,5D,6D,8D,9D,10D,13D,14D,17D,18D,19D,21D,22D,23D,29D,31D,34D. The zero-order valence-electron chi connectivity index (χ0n) is 52.3. The van der Waals surface area contributed by atoms with Gasteiger partial charge in [0.15, 0.2) is 5.82 Å². The second kappa shape index (κ2) is 14.0. The van der Waals surface area contributed by atoms with Gasteiger partial charge in [0.2, 0.25) is 11.9 Å². The molecule has 294 valence electrons. The lowest BCUT2D eigenvalue weighted by molar-refractivity contribution is 0.669. The van der Waals surface area contributed by atoms with Crippen LogP contribution in [-0.2, 0) is 0 Å². The number of benzene rings is 9. The maximum atomic E-state index is 9.92. The van der Waals surface area contributed by atoms with Crippen LogP contribution >= 0.6 is 0 Å². The number of furan rings is 1. The molecule has 0 spiro atoms. The van der Waals surface area contributed by atoms with Crippen molar-refractivity contribution < 1.29 is 31.8 Å². The third kappa shape index (κ3) is 5.69. The number of nitrogens with zero attached hydrogens (tertiary/aromatic N) is 5. The molecule has 63 heavy (non-hydrogen) atoms. The molecule has 0 aliphatic carbocycles. The van der Waals surface area contributed by atoms with Gasteiger partial charge in [-0.05, 0) is 81.8 Å². The summed E-state index contributed by atoms with van der Waals surface area (Å²) in [7, 11) is 0. The monoisotopic (exact) mass is 825 g/mol. The zero-order valence-corrected chi connectivity index (χ0v) is 32.3. The van der Waals surface area contributed by atoms with E-state index < -0.39 is 177 Å². The molecule has 0 saturated carbocycles. The predicted molar refractivity (Wildman–Crippen MR) is 258 cm³/mol. The molecule has 9 aromatic carbocycles. The number of hydrogen-bond acceptors (Lipinski definition) is 4. The summed E-state index contributed by atoms with van der Waals surface area (Å²) < 4.78 is 188. The molecule has 0 radical (unpaired) electrons. The second-order valence-electron chi connectivity index (χ2n) is 14.5. The van der Waals surface area contributed by atoms with Gasteiger partial charge in [-0.2, -0.15) is 15.0 Å². The number of para-hydroxylation sites is 4. The third-order valence-corrected chi connectivity index (χ3v) is 11.0. The molecule has 13 aromatic rings. The van der Waals surface area contributed by atoms with Crippen molar-refractivity contribution in [1.82, 2.24) is 24.1 Å². The Labute approximate surface area is 389 Å². The lowest BCUT2D eigenvalue weighted by atomic mass is 9.98. The molecule has 0 aliphatic rings. The summed E-state index contributed by atoms with van der Waals surface area (Å²) in [5.41, 5.74) is 1.82. The van der Waals surface area contributed by atoms with Gasteiger partial charge in [-0.1, -0.05) is 163 Å². The molecule has 4 heterocycles. The minimum absolute atomic E-state index is 0.236. The summed E-state index contributed by atoms with van der Waals surface area (Å²) in [6, 6.07) is 13.0. The lowest BCUT2D eigenvalue weighted by Gasteiger charge is -2.13. The van der Waals surface area contributed by atoms with Crippen molar-refractivity contribution in [2.24, 2.45) is 0 Å². The fourth-order valence-electron chi connectivity index (χ4n) is 8.11. The van der Waals surface area contributed by atoms with E-state index in [-0.39, 0.29) is 22.2 Å². The summed E-state index contributed by atoms with van der Waals surface area (Å²) in [4.78, 5) is 14.6. The van der Waals surface area contributed by atoms with Crippen LogP contribution in [0.3, 0.4) is 0 Å². The number of hydrogen-bond donors (Lipinski definition) is 0. The highest BCUT2D eigenvalue weighted by Gasteiger charge is 2.21. The predicted octanol–water partition coefficient (Wildman–Crippen LogP) is 14.6. The first-order valence-corrected chi connectivity index (χ1v) is 19.5. The Kier molecular flexibility index (Phi) is 4.61. The van der Waals surface area contributed by atoms with Gasteiger partial charge < -0.3 is 4.42 Å². The van der Waals surface area contributed by atoms with Gasteiger partial charge in [0.25, 0.3) is 0 Å². The molecule has 6 nitrogen and oxygen atoms in total. The zero-order chi connectivity index (χ0) is 58.8. The smallest absolute Gasteiger partial charge is 0.240 e. The van der Waals surface area contributed by atoms with Gasteiger partial charge in [0.05, 0.1) is 49.5 Å². The van der Waals surface area contributed by atoms with E-state index in [4.69, 9.17) is 37.2 Å². The van der Waals surface area contributed by atoms with Gasteiger partial charge in [0, 0.05) is 37.9 Å². The molecule has 13 rings (SSSR count). The van der Waals surface area contributed by atoms with Crippen LogP contribution in [-0.4, -0.2) is 24.1 Å². The molecule has 4 aromatic heterocycles. The fourth-order valence-corrected chi connectivity index (χ4v) is 8.11. The molecule has 0 unspecified atom stereocenters. The molecule has 0 N–H and O–H groups in total. The van der Waals surface area contributed by atoms with Crippen LogP contribution in [0.5, 0.6) is 0 Å². The van der Waals surface area contributed by atoms with E-state index in [0.717, 1.165) is 42.2 Å². The summed E-state index contributed by atoms with van der Waals surface area (Å²) in [5.74, 6) is -1.40. The third-order valence-electron chi connectivity index (χ3n) is 11.0. The molecule has 0 saturated heterocycles. The van der Waals surface area contributed by atoms with Crippen molar-refractivity contribution in [3.8, 4) is 56.7 Å². The Balaban J connectivity index is 1.13. The Hall–Kier alpha value is -8.61. The molecule has 0 amide bonds. The van der Waals surface area contributed by atoms with Crippen molar-refractivity contribution >= 4 is 65.6 Å². The van der Waals surface area contributed by atoms with Crippen LogP contribution in [0.15, 0.2) is 216 Å². The first kappa shape index (κ1) is 20.8. The van der Waals surface area contributed by atoms with E-state index in [0.29, 0.717) is 11.1 Å². The average molecular weight is 826 g/mol. The second-order valence-corrected chi connectivity index (χ2v) is 14.5. The van der Waals surface area contributed by atoms with E-state index in [1.807, 2.05) is 72.8 Å². The average Bonchev–Trinajstić information content (AvgIpc) is 4.33. The van der Waals surface area contributed by atoms with Gasteiger partial charge >= 0.3 is 0 Å². The molecular weight excluding hydrogens is 771 g/mol. The molecule has 0 fully saturated rings. The van der Waals surface area contributed by atoms with E-state index >= 15 is 0 Å².